The third-order valence-electron chi connectivity index (χ3n) is 4.97. The van der Waals surface area contributed by atoms with Gasteiger partial charge >= 0.3 is 0 Å². The summed E-state index contributed by atoms with van der Waals surface area (Å²) < 4.78 is 13.1. The number of pyridine rings is 1. The first-order chi connectivity index (χ1) is 14.6. The predicted molar refractivity (Wildman–Crippen MR) is 129 cm³/mol. The number of fused-ring (bicyclic) bond motifs is 1. The lowest BCUT2D eigenvalue weighted by atomic mass is 10.1. The summed E-state index contributed by atoms with van der Waals surface area (Å²) in [5.41, 5.74) is 7.61. The molecule has 1 aliphatic rings. The van der Waals surface area contributed by atoms with Gasteiger partial charge in [-0.25, -0.2) is 4.98 Å². The molecule has 1 amide bonds. The molecule has 1 saturated heterocycles. The minimum atomic E-state index is -0.136. The van der Waals surface area contributed by atoms with E-state index in [-0.39, 0.29) is 18.3 Å². The molecule has 2 aromatic heterocycles. The van der Waals surface area contributed by atoms with E-state index in [1.807, 2.05) is 29.6 Å². The van der Waals surface area contributed by atoms with Crippen molar-refractivity contribution in [1.29, 1.82) is 0 Å². The van der Waals surface area contributed by atoms with Gasteiger partial charge in [-0.05, 0) is 29.6 Å². The Morgan fingerprint density at radius 2 is 2.03 bits per heavy atom. The molecule has 166 valence electrons. The molecule has 31 heavy (non-hydrogen) atoms. The lowest BCUT2D eigenvalue weighted by Gasteiger charge is -2.26. The van der Waals surface area contributed by atoms with Crippen molar-refractivity contribution in [3.05, 3.63) is 51.4 Å². The van der Waals surface area contributed by atoms with E-state index in [0.717, 1.165) is 58.7 Å². The molecule has 0 spiro atoms. The number of anilines is 1. The summed E-state index contributed by atoms with van der Waals surface area (Å²) in [7, 11) is 0. The lowest BCUT2D eigenvalue weighted by Crippen LogP contribution is -2.41. The van der Waals surface area contributed by atoms with Gasteiger partial charge in [0, 0.05) is 47.8 Å². The van der Waals surface area contributed by atoms with Crippen LogP contribution in [0, 0.1) is 0 Å². The van der Waals surface area contributed by atoms with E-state index in [1.165, 1.54) is 11.3 Å². The highest BCUT2D eigenvalue weighted by atomic mass is 79.9. The summed E-state index contributed by atoms with van der Waals surface area (Å²) in [6.07, 6.45) is 1.55. The Balaban J connectivity index is 0.00000272. The maximum Gasteiger partial charge on any atom is 0.254 e. The summed E-state index contributed by atoms with van der Waals surface area (Å²) in [4.78, 5) is 19.3. The highest BCUT2D eigenvalue weighted by Gasteiger charge is 2.18. The van der Waals surface area contributed by atoms with Gasteiger partial charge in [-0.3, -0.25) is 9.69 Å². The number of nitrogen functional groups attached to an aromatic ring is 1. The molecule has 7 nitrogen and oxygen atoms in total. The fraction of sp³-hybridized carbons (Fsp3) is 0.333. The van der Waals surface area contributed by atoms with Crippen LogP contribution in [0.5, 0.6) is 5.75 Å². The molecule has 0 saturated carbocycles. The van der Waals surface area contributed by atoms with Crippen LogP contribution in [0.2, 0.25) is 0 Å². The van der Waals surface area contributed by atoms with Crippen LogP contribution in [0.25, 0.3) is 10.1 Å². The number of amides is 1. The number of hydrogen-bond donors (Lipinski definition) is 2. The van der Waals surface area contributed by atoms with Crippen molar-refractivity contribution in [2.45, 2.75) is 6.61 Å². The van der Waals surface area contributed by atoms with E-state index in [0.29, 0.717) is 24.5 Å². The Morgan fingerprint density at radius 1 is 1.29 bits per heavy atom. The molecule has 0 unspecified atom stereocenters. The van der Waals surface area contributed by atoms with Crippen LogP contribution in [0.15, 0.2) is 40.3 Å². The molecule has 1 aromatic carbocycles. The quantitative estimate of drug-likeness (QED) is 0.487. The average Bonchev–Trinajstić information content (AvgIpc) is 3.19. The van der Waals surface area contributed by atoms with Crippen LogP contribution >= 0.6 is 39.7 Å². The van der Waals surface area contributed by atoms with Crippen molar-refractivity contribution in [3.8, 4) is 5.75 Å². The second-order valence-electron chi connectivity index (χ2n) is 6.97. The van der Waals surface area contributed by atoms with Crippen LogP contribution < -0.4 is 15.8 Å². The normalized spacial score (nSPS) is 14.2. The Kier molecular flexibility index (Phi) is 8.50. The maximum atomic E-state index is 12.8. The second-order valence-corrected chi connectivity index (χ2v) is 8.77. The molecule has 0 radical (unpaired) electrons. The predicted octanol–water partition coefficient (Wildman–Crippen LogP) is 3.70. The number of rotatable bonds is 7. The lowest BCUT2D eigenvalue weighted by molar-refractivity contribution is 0.0383. The van der Waals surface area contributed by atoms with Crippen molar-refractivity contribution in [2.24, 2.45) is 0 Å². The zero-order chi connectivity index (χ0) is 20.9. The number of thiophene rings is 1. The number of morpholine rings is 1. The average molecular weight is 528 g/mol. The number of carbonyl (C=O) groups is 1. The summed E-state index contributed by atoms with van der Waals surface area (Å²) in [5, 5.41) is 5.77. The van der Waals surface area contributed by atoms with Crippen molar-refractivity contribution in [1.82, 2.24) is 15.2 Å². The van der Waals surface area contributed by atoms with Gasteiger partial charge in [-0.1, -0.05) is 15.9 Å². The number of nitrogens with one attached hydrogen (secondary N) is 1. The van der Waals surface area contributed by atoms with E-state index in [2.05, 4.69) is 31.1 Å². The van der Waals surface area contributed by atoms with Crippen LogP contribution in [-0.2, 0) is 11.3 Å². The van der Waals surface area contributed by atoms with E-state index in [1.54, 1.807) is 6.20 Å². The number of aromatic nitrogens is 1. The second kappa shape index (κ2) is 11.1. The van der Waals surface area contributed by atoms with Crippen LogP contribution in [-0.4, -0.2) is 55.2 Å². The molecule has 0 bridgehead atoms. The molecule has 1 aliphatic heterocycles. The number of hydrogen-bond acceptors (Lipinski definition) is 7. The molecular weight excluding hydrogens is 504 g/mol. The smallest absolute Gasteiger partial charge is 0.254 e. The number of nitrogens with zero attached hydrogens (tertiary/aromatic N) is 2. The Labute approximate surface area is 199 Å². The third-order valence-corrected chi connectivity index (χ3v) is 6.56. The van der Waals surface area contributed by atoms with Gasteiger partial charge in [0.15, 0.2) is 0 Å². The SMILES string of the molecule is Cl.Nc1ncc(C(=O)NCCN2CCOCC2)c2scc(COc3ccc(Br)cc3)c12. The Hall–Kier alpha value is -1.91. The molecule has 3 aromatic rings. The molecule has 0 aliphatic carbocycles. The summed E-state index contributed by atoms with van der Waals surface area (Å²) >= 11 is 4.90. The molecule has 4 rings (SSSR count). The first-order valence-corrected chi connectivity index (χ1v) is 11.4. The Morgan fingerprint density at radius 3 is 2.77 bits per heavy atom. The van der Waals surface area contributed by atoms with Crippen molar-refractivity contribution in [3.63, 3.8) is 0 Å². The molecule has 3 N–H and O–H groups in total. The Bertz CT molecular complexity index is 1030. The summed E-state index contributed by atoms with van der Waals surface area (Å²) in [6.45, 7) is 5.03. The van der Waals surface area contributed by atoms with Crippen LogP contribution in [0.1, 0.15) is 15.9 Å². The van der Waals surface area contributed by atoms with E-state index in [9.17, 15) is 4.79 Å². The number of halogens is 2. The molecular formula is C21H24BrClN4O3S. The van der Waals surface area contributed by atoms with E-state index in [4.69, 9.17) is 15.2 Å². The number of carbonyl (C=O) groups excluding carboxylic acids is 1. The largest absolute Gasteiger partial charge is 0.489 e. The minimum Gasteiger partial charge on any atom is -0.489 e. The van der Waals surface area contributed by atoms with Gasteiger partial charge < -0.3 is 20.5 Å². The topological polar surface area (TPSA) is 89.7 Å². The molecule has 0 atom stereocenters. The fourth-order valence-electron chi connectivity index (χ4n) is 3.34. The first kappa shape index (κ1) is 23.7. The highest BCUT2D eigenvalue weighted by Crippen LogP contribution is 2.33. The van der Waals surface area contributed by atoms with Gasteiger partial charge in [-0.2, -0.15) is 0 Å². The number of nitrogens with two attached hydrogens (primary N) is 1. The first-order valence-electron chi connectivity index (χ1n) is 9.73. The van der Waals surface area contributed by atoms with Gasteiger partial charge in [-0.15, -0.1) is 23.7 Å². The van der Waals surface area contributed by atoms with E-state index >= 15 is 0 Å². The van der Waals surface area contributed by atoms with Crippen LogP contribution in [0.4, 0.5) is 5.82 Å². The standard InChI is InChI=1S/C21H23BrN4O3S.ClH/c22-15-1-3-16(4-2-15)29-12-14-13-30-19-17(11-25-20(23)18(14)19)21(27)24-5-6-26-7-9-28-10-8-26;/h1-4,11,13H,5-10,12H2,(H2,23,25)(H,24,27);1H. The molecule has 1 fully saturated rings. The maximum absolute atomic E-state index is 12.8. The van der Waals surface area contributed by atoms with Gasteiger partial charge in [0.25, 0.3) is 5.91 Å². The highest BCUT2D eigenvalue weighted by molar-refractivity contribution is 9.10. The van der Waals surface area contributed by atoms with Gasteiger partial charge in [0.2, 0.25) is 0 Å². The monoisotopic (exact) mass is 526 g/mol. The molecule has 3 heterocycles. The van der Waals surface area contributed by atoms with Crippen LogP contribution in [0.3, 0.4) is 0 Å². The van der Waals surface area contributed by atoms with Gasteiger partial charge in [0.1, 0.15) is 18.2 Å². The summed E-state index contributed by atoms with van der Waals surface area (Å²) in [6, 6.07) is 7.65. The van der Waals surface area contributed by atoms with E-state index < -0.39 is 0 Å². The number of ether oxygens (including phenoxy) is 2. The zero-order valence-corrected chi connectivity index (χ0v) is 20.0. The van der Waals surface area contributed by atoms with Crippen molar-refractivity contribution in [2.75, 3.05) is 45.1 Å². The number of benzene rings is 1. The zero-order valence-electron chi connectivity index (χ0n) is 16.8. The molecule has 10 heteroatoms. The van der Waals surface area contributed by atoms with Gasteiger partial charge in [0.05, 0.1) is 23.5 Å². The third kappa shape index (κ3) is 5.87. The summed E-state index contributed by atoms with van der Waals surface area (Å²) in [5.74, 6) is 1.04. The fourth-order valence-corrected chi connectivity index (χ4v) is 4.67. The minimum absolute atomic E-state index is 0. The van der Waals surface area contributed by atoms with Crippen molar-refractivity contribution >= 4 is 61.5 Å². The van der Waals surface area contributed by atoms with Crippen molar-refractivity contribution < 1.29 is 14.3 Å².